The second kappa shape index (κ2) is 9.79. The highest BCUT2D eigenvalue weighted by molar-refractivity contribution is 8.09. The van der Waals surface area contributed by atoms with Crippen molar-refractivity contribution in [1.29, 1.82) is 0 Å². The Morgan fingerprint density at radius 1 is 0.767 bits per heavy atom. The lowest BCUT2D eigenvalue weighted by molar-refractivity contribution is 0.396. The molecule has 0 heterocycles. The molecule has 0 fully saturated rings. The first-order valence-electron chi connectivity index (χ1n) is 9.43. The predicted molar refractivity (Wildman–Crippen MR) is 126 cm³/mol. The minimum atomic E-state index is -2.99. The fourth-order valence-corrected chi connectivity index (χ4v) is 4.38. The minimum Gasteiger partial charge on any atom is -0.497 e. The molecule has 0 aliphatic heterocycles. The Balaban J connectivity index is 1.85. The summed E-state index contributed by atoms with van der Waals surface area (Å²) in [7, 11) is 3.40. The van der Waals surface area contributed by atoms with Crippen molar-refractivity contribution >= 4 is 24.7 Å². The van der Waals surface area contributed by atoms with Gasteiger partial charge >= 0.3 is 6.64 Å². The predicted octanol–water partition coefficient (Wildman–Crippen LogP) is 5.96. The smallest absolute Gasteiger partial charge is 0.410 e. The van der Waals surface area contributed by atoms with E-state index in [1.54, 1.807) is 25.2 Å². The lowest BCUT2D eigenvalue weighted by Crippen LogP contribution is -2.17. The van der Waals surface area contributed by atoms with Crippen LogP contribution in [0.25, 0.3) is 0 Å². The van der Waals surface area contributed by atoms with Crippen LogP contribution in [-0.4, -0.2) is 25.2 Å². The van der Waals surface area contributed by atoms with E-state index in [2.05, 4.69) is 5.10 Å². The normalized spacial score (nSPS) is 11.3. The van der Waals surface area contributed by atoms with E-state index in [0.717, 1.165) is 22.4 Å². The van der Waals surface area contributed by atoms with E-state index in [4.69, 9.17) is 25.6 Å². The van der Waals surface area contributed by atoms with Crippen LogP contribution < -0.4 is 13.8 Å². The average Bonchev–Trinajstić information content (AvgIpc) is 2.75. The van der Waals surface area contributed by atoms with Crippen molar-refractivity contribution in [2.75, 3.05) is 14.2 Å². The standard InChI is InChI=1S/C23H25N2O3PS/c1-18-5-11-22(12-6-18)27-29(30,28-23-13-7-19(2)8-14-23)25(3)24-17-20-9-15-21(26-4)16-10-20/h5-17H,1-4H3. The Labute approximate surface area is 183 Å². The number of rotatable bonds is 8. The van der Waals surface area contributed by atoms with Gasteiger partial charge in [-0.1, -0.05) is 35.4 Å². The summed E-state index contributed by atoms with van der Waals surface area (Å²) in [6.07, 6.45) is 1.72. The molecule has 0 atom stereocenters. The van der Waals surface area contributed by atoms with Crippen LogP contribution in [0.15, 0.2) is 77.9 Å². The van der Waals surface area contributed by atoms with Crippen molar-refractivity contribution in [3.05, 3.63) is 89.5 Å². The molecular weight excluding hydrogens is 415 g/mol. The topological polar surface area (TPSA) is 43.3 Å². The fourth-order valence-electron chi connectivity index (χ4n) is 2.50. The minimum absolute atomic E-state index is 0.641. The number of hydrazone groups is 1. The molecule has 3 aromatic rings. The summed E-state index contributed by atoms with van der Waals surface area (Å²) in [6, 6.07) is 23.0. The summed E-state index contributed by atoms with van der Waals surface area (Å²) < 4.78 is 19.1. The molecule has 7 heteroatoms. The van der Waals surface area contributed by atoms with Crippen LogP contribution in [0.2, 0.25) is 0 Å². The van der Waals surface area contributed by atoms with Crippen molar-refractivity contribution in [3.8, 4) is 17.2 Å². The van der Waals surface area contributed by atoms with Gasteiger partial charge < -0.3 is 13.8 Å². The molecule has 0 radical (unpaired) electrons. The van der Waals surface area contributed by atoms with Gasteiger partial charge in [0.25, 0.3) is 0 Å². The Bertz CT molecular complexity index is 984. The third kappa shape index (κ3) is 5.85. The van der Waals surface area contributed by atoms with Gasteiger partial charge in [-0.15, -0.1) is 0 Å². The molecule has 0 saturated carbocycles. The number of ether oxygens (including phenoxy) is 1. The molecule has 0 aliphatic rings. The van der Waals surface area contributed by atoms with Gasteiger partial charge in [-0.05, 0) is 67.9 Å². The van der Waals surface area contributed by atoms with Crippen LogP contribution >= 0.6 is 6.64 Å². The average molecular weight is 441 g/mol. The van der Waals surface area contributed by atoms with E-state index >= 15 is 0 Å². The summed E-state index contributed by atoms with van der Waals surface area (Å²) in [5, 5.41) is 4.51. The first kappa shape index (κ1) is 21.9. The maximum atomic E-state index is 6.17. The second-order valence-electron chi connectivity index (χ2n) is 6.78. The van der Waals surface area contributed by atoms with Gasteiger partial charge in [0, 0.05) is 18.9 Å². The van der Waals surface area contributed by atoms with Crippen molar-refractivity contribution in [3.63, 3.8) is 0 Å². The van der Waals surface area contributed by atoms with Gasteiger partial charge in [-0.25, -0.2) is 4.78 Å². The van der Waals surface area contributed by atoms with Crippen LogP contribution in [0.5, 0.6) is 17.2 Å². The molecule has 0 aromatic heterocycles. The molecule has 3 aromatic carbocycles. The Hall–Kier alpha value is -2.82. The monoisotopic (exact) mass is 440 g/mol. The molecule has 0 N–H and O–H groups in total. The zero-order valence-corrected chi connectivity index (χ0v) is 19.2. The molecule has 0 saturated heterocycles. The van der Waals surface area contributed by atoms with Crippen LogP contribution in [0.3, 0.4) is 0 Å². The number of benzene rings is 3. The summed E-state index contributed by atoms with van der Waals surface area (Å²) in [5.41, 5.74) is 3.19. The molecular formula is C23H25N2O3PS. The van der Waals surface area contributed by atoms with Gasteiger partial charge in [0.1, 0.15) is 17.2 Å². The first-order valence-corrected chi connectivity index (χ1v) is 12.0. The van der Waals surface area contributed by atoms with Crippen molar-refractivity contribution in [2.45, 2.75) is 13.8 Å². The molecule has 5 nitrogen and oxygen atoms in total. The molecule has 0 unspecified atom stereocenters. The number of aryl methyl sites for hydroxylation is 2. The summed E-state index contributed by atoms with van der Waals surface area (Å²) >= 11 is 5.87. The fraction of sp³-hybridized carbons (Fsp3) is 0.174. The molecule has 3 rings (SSSR count). The lowest BCUT2D eigenvalue weighted by Gasteiger charge is -2.29. The van der Waals surface area contributed by atoms with Crippen LogP contribution in [0.4, 0.5) is 0 Å². The van der Waals surface area contributed by atoms with E-state index < -0.39 is 6.64 Å². The highest BCUT2D eigenvalue weighted by Gasteiger charge is 2.28. The van der Waals surface area contributed by atoms with Crippen molar-refractivity contribution in [1.82, 2.24) is 4.78 Å². The van der Waals surface area contributed by atoms with Gasteiger partial charge in [0.2, 0.25) is 0 Å². The number of hydrogen-bond donors (Lipinski definition) is 0. The van der Waals surface area contributed by atoms with Crippen molar-refractivity contribution in [2.24, 2.45) is 5.10 Å². The summed E-state index contributed by atoms with van der Waals surface area (Å²) in [6.45, 7) is 1.05. The van der Waals surface area contributed by atoms with E-state index in [-0.39, 0.29) is 0 Å². The third-order valence-corrected chi connectivity index (χ3v) is 7.18. The summed E-state index contributed by atoms with van der Waals surface area (Å²) in [4.78, 5) is 0. The summed E-state index contributed by atoms with van der Waals surface area (Å²) in [5.74, 6) is 2.07. The van der Waals surface area contributed by atoms with E-state index in [1.165, 1.54) is 0 Å². The highest BCUT2D eigenvalue weighted by atomic mass is 32.5. The van der Waals surface area contributed by atoms with E-state index in [9.17, 15) is 0 Å². The van der Waals surface area contributed by atoms with Gasteiger partial charge in [0.05, 0.1) is 13.3 Å². The number of methoxy groups -OCH3 is 1. The van der Waals surface area contributed by atoms with Crippen LogP contribution in [-0.2, 0) is 11.8 Å². The maximum absolute atomic E-state index is 6.17. The largest absolute Gasteiger partial charge is 0.497 e. The van der Waals surface area contributed by atoms with Crippen molar-refractivity contribution < 1.29 is 13.8 Å². The second-order valence-corrected chi connectivity index (χ2v) is 10.0. The lowest BCUT2D eigenvalue weighted by atomic mass is 10.2. The van der Waals surface area contributed by atoms with E-state index in [1.807, 2.05) is 86.6 Å². The first-order chi connectivity index (χ1) is 14.4. The number of nitrogens with zero attached hydrogens (tertiary/aromatic N) is 2. The number of hydrogen-bond acceptors (Lipinski definition) is 5. The molecule has 0 aliphatic carbocycles. The molecule has 0 amide bonds. The van der Waals surface area contributed by atoms with Crippen LogP contribution in [0.1, 0.15) is 16.7 Å². The Kier molecular flexibility index (Phi) is 7.14. The van der Waals surface area contributed by atoms with E-state index in [0.29, 0.717) is 11.5 Å². The quantitative estimate of drug-likeness (QED) is 0.246. The SMILES string of the molecule is COc1ccc(C=NN(C)P(=S)(Oc2ccc(C)cc2)Oc2ccc(C)cc2)cc1. The Morgan fingerprint density at radius 3 is 1.63 bits per heavy atom. The Morgan fingerprint density at radius 2 is 1.20 bits per heavy atom. The van der Waals surface area contributed by atoms with Gasteiger partial charge in [0.15, 0.2) is 0 Å². The molecule has 0 bridgehead atoms. The van der Waals surface area contributed by atoms with Crippen LogP contribution in [0, 0.1) is 13.8 Å². The molecule has 156 valence electrons. The van der Waals surface area contributed by atoms with Gasteiger partial charge in [-0.3, -0.25) is 0 Å². The zero-order valence-electron chi connectivity index (χ0n) is 17.5. The highest BCUT2D eigenvalue weighted by Crippen LogP contribution is 2.51. The zero-order chi connectivity index (χ0) is 21.6. The van der Waals surface area contributed by atoms with Gasteiger partial charge in [-0.2, -0.15) is 5.10 Å². The molecule has 0 spiro atoms. The maximum Gasteiger partial charge on any atom is 0.410 e. The molecule has 30 heavy (non-hydrogen) atoms. The third-order valence-electron chi connectivity index (χ3n) is 4.33.